The fraction of sp³-hybridized carbons (Fsp3) is 0.160. The molecule has 0 radical (unpaired) electrons. The third-order valence-corrected chi connectivity index (χ3v) is 5.89. The van der Waals surface area contributed by atoms with Crippen LogP contribution in [0, 0.1) is 0 Å². The summed E-state index contributed by atoms with van der Waals surface area (Å²) in [6.45, 7) is 0.659. The number of nitrogens with one attached hydrogen (secondary N) is 2. The topological polar surface area (TPSA) is 102 Å². The van der Waals surface area contributed by atoms with Crippen molar-refractivity contribution in [2.45, 2.75) is 13.0 Å². The number of aromatic amines is 1. The highest BCUT2D eigenvalue weighted by atomic mass is 35.5. The minimum absolute atomic E-state index is 0.0771. The van der Waals surface area contributed by atoms with Crippen LogP contribution in [0.15, 0.2) is 70.3 Å². The Bertz CT molecular complexity index is 1510. The van der Waals surface area contributed by atoms with Crippen molar-refractivity contribution in [2.24, 2.45) is 0 Å². The van der Waals surface area contributed by atoms with E-state index in [-0.39, 0.29) is 19.2 Å². The molecular formula is C25H20ClN3O5. The molecule has 2 heterocycles. The molecule has 9 heteroatoms. The van der Waals surface area contributed by atoms with Gasteiger partial charge in [0.15, 0.2) is 11.5 Å². The lowest BCUT2D eigenvalue weighted by Gasteiger charge is -2.09. The Morgan fingerprint density at radius 1 is 0.971 bits per heavy atom. The van der Waals surface area contributed by atoms with Gasteiger partial charge in [-0.15, -0.1) is 0 Å². The van der Waals surface area contributed by atoms with Crippen molar-refractivity contribution in [3.8, 4) is 11.5 Å². The normalized spacial score (nSPS) is 12.1. The summed E-state index contributed by atoms with van der Waals surface area (Å²) in [5.41, 5.74) is 1.44. The van der Waals surface area contributed by atoms with Gasteiger partial charge in [-0.1, -0.05) is 29.8 Å². The molecule has 0 spiro atoms. The third kappa shape index (κ3) is 4.40. The van der Waals surface area contributed by atoms with Gasteiger partial charge in [0.25, 0.3) is 11.5 Å². The SMILES string of the molecule is O=C(NCCc1ccc(Cl)cc1)c1ccc2c(=O)n(Cc3ccc4c(c3)OCO4)c(=O)[nH]c2c1. The van der Waals surface area contributed by atoms with E-state index < -0.39 is 11.2 Å². The molecule has 172 valence electrons. The monoisotopic (exact) mass is 477 g/mol. The standard InChI is InChI=1S/C25H20ClN3O5/c26-18-5-1-15(2-6-18)9-10-27-23(30)17-4-7-19-20(12-17)28-25(32)29(24(19)31)13-16-3-8-21-22(11-16)34-14-33-21/h1-8,11-12H,9-10,13-14H2,(H,27,30)(H,28,32). The molecule has 8 nitrogen and oxygen atoms in total. The number of ether oxygens (including phenoxy) is 2. The average Bonchev–Trinajstić information content (AvgIpc) is 3.30. The van der Waals surface area contributed by atoms with Crippen molar-refractivity contribution in [3.05, 3.63) is 103 Å². The van der Waals surface area contributed by atoms with E-state index in [0.29, 0.717) is 46.0 Å². The van der Waals surface area contributed by atoms with E-state index in [4.69, 9.17) is 21.1 Å². The number of H-pyrrole nitrogens is 1. The number of carbonyl (C=O) groups is 1. The molecule has 5 rings (SSSR count). The maximum Gasteiger partial charge on any atom is 0.329 e. The molecule has 2 N–H and O–H groups in total. The Morgan fingerprint density at radius 2 is 1.74 bits per heavy atom. The van der Waals surface area contributed by atoms with Crippen molar-refractivity contribution < 1.29 is 14.3 Å². The molecule has 1 aliphatic heterocycles. The van der Waals surface area contributed by atoms with Crippen molar-refractivity contribution >= 4 is 28.4 Å². The first-order chi connectivity index (χ1) is 16.5. The van der Waals surface area contributed by atoms with Crippen LogP contribution in [0.4, 0.5) is 0 Å². The Hall–Kier alpha value is -4.04. The van der Waals surface area contributed by atoms with Crippen molar-refractivity contribution in [2.75, 3.05) is 13.3 Å². The molecule has 34 heavy (non-hydrogen) atoms. The number of halogens is 1. The van der Waals surface area contributed by atoms with Crippen LogP contribution >= 0.6 is 11.6 Å². The summed E-state index contributed by atoms with van der Waals surface area (Å²) in [7, 11) is 0. The van der Waals surface area contributed by atoms with Crippen LogP contribution in [0.5, 0.6) is 11.5 Å². The van der Waals surface area contributed by atoms with Crippen LogP contribution < -0.4 is 26.0 Å². The van der Waals surface area contributed by atoms with Crippen molar-refractivity contribution in [1.29, 1.82) is 0 Å². The van der Waals surface area contributed by atoms with E-state index in [1.54, 1.807) is 42.5 Å². The van der Waals surface area contributed by atoms with Crippen LogP contribution in [-0.4, -0.2) is 28.8 Å². The summed E-state index contributed by atoms with van der Waals surface area (Å²) >= 11 is 5.89. The van der Waals surface area contributed by atoms with E-state index in [1.807, 2.05) is 12.1 Å². The molecule has 4 aromatic rings. The minimum atomic E-state index is -0.560. The number of aromatic nitrogens is 2. The first-order valence-electron chi connectivity index (χ1n) is 10.7. The van der Waals surface area contributed by atoms with E-state index in [1.165, 1.54) is 6.07 Å². The fourth-order valence-electron chi connectivity index (χ4n) is 3.83. The summed E-state index contributed by atoms with van der Waals surface area (Å²) in [6, 6.07) is 17.3. The fourth-order valence-corrected chi connectivity index (χ4v) is 3.96. The summed E-state index contributed by atoms with van der Waals surface area (Å²) < 4.78 is 11.8. The van der Waals surface area contributed by atoms with E-state index >= 15 is 0 Å². The number of hydrogen-bond donors (Lipinski definition) is 2. The van der Waals surface area contributed by atoms with E-state index in [0.717, 1.165) is 15.7 Å². The highest BCUT2D eigenvalue weighted by Gasteiger charge is 2.15. The number of amides is 1. The summed E-state index contributed by atoms with van der Waals surface area (Å²) in [6.07, 6.45) is 0.651. The van der Waals surface area contributed by atoms with Crippen LogP contribution in [0.3, 0.4) is 0 Å². The maximum absolute atomic E-state index is 13.0. The second kappa shape index (κ2) is 9.07. The molecular weight excluding hydrogens is 458 g/mol. The predicted molar refractivity (Wildman–Crippen MR) is 128 cm³/mol. The van der Waals surface area contributed by atoms with E-state index in [9.17, 15) is 14.4 Å². The van der Waals surface area contributed by atoms with Gasteiger partial charge in [0.2, 0.25) is 6.79 Å². The Balaban J connectivity index is 1.33. The molecule has 0 bridgehead atoms. The first kappa shape index (κ1) is 21.8. The lowest BCUT2D eigenvalue weighted by Crippen LogP contribution is -2.35. The van der Waals surface area contributed by atoms with Gasteiger partial charge in [0.1, 0.15) is 0 Å². The zero-order chi connectivity index (χ0) is 23.7. The van der Waals surface area contributed by atoms with Crippen molar-refractivity contribution in [3.63, 3.8) is 0 Å². The Kier molecular flexibility index (Phi) is 5.81. The summed E-state index contributed by atoms with van der Waals surface area (Å²) in [4.78, 5) is 41.0. The second-order valence-corrected chi connectivity index (χ2v) is 8.34. The molecule has 0 unspecified atom stereocenters. The van der Waals surface area contributed by atoms with Gasteiger partial charge < -0.3 is 19.8 Å². The van der Waals surface area contributed by atoms with Gasteiger partial charge in [-0.25, -0.2) is 4.79 Å². The maximum atomic E-state index is 13.0. The van der Waals surface area contributed by atoms with E-state index in [2.05, 4.69) is 10.3 Å². The lowest BCUT2D eigenvalue weighted by atomic mass is 10.1. The molecule has 0 aliphatic carbocycles. The van der Waals surface area contributed by atoms with Crippen LogP contribution in [0.25, 0.3) is 10.9 Å². The van der Waals surface area contributed by atoms with Gasteiger partial charge in [-0.05, 0) is 60.0 Å². The third-order valence-electron chi connectivity index (χ3n) is 5.63. The Labute approximate surface area is 198 Å². The number of nitrogens with zero attached hydrogens (tertiary/aromatic N) is 1. The van der Waals surface area contributed by atoms with Crippen molar-refractivity contribution in [1.82, 2.24) is 14.9 Å². The van der Waals surface area contributed by atoms with Gasteiger partial charge >= 0.3 is 5.69 Å². The van der Waals surface area contributed by atoms with Gasteiger partial charge in [0, 0.05) is 17.1 Å². The van der Waals surface area contributed by atoms with Gasteiger partial charge in [-0.3, -0.25) is 14.2 Å². The zero-order valence-electron chi connectivity index (χ0n) is 18.0. The summed E-state index contributed by atoms with van der Waals surface area (Å²) in [5.74, 6) is 0.915. The highest BCUT2D eigenvalue weighted by molar-refractivity contribution is 6.30. The Morgan fingerprint density at radius 3 is 2.56 bits per heavy atom. The van der Waals surface area contributed by atoms with Crippen LogP contribution in [-0.2, 0) is 13.0 Å². The molecule has 1 aromatic heterocycles. The first-order valence-corrected chi connectivity index (χ1v) is 11.0. The zero-order valence-corrected chi connectivity index (χ0v) is 18.7. The molecule has 1 aliphatic rings. The minimum Gasteiger partial charge on any atom is -0.454 e. The van der Waals surface area contributed by atoms with Gasteiger partial charge in [0.05, 0.1) is 17.4 Å². The second-order valence-electron chi connectivity index (χ2n) is 7.90. The molecule has 0 fully saturated rings. The van der Waals surface area contributed by atoms with Crippen LogP contribution in [0.1, 0.15) is 21.5 Å². The van der Waals surface area contributed by atoms with Gasteiger partial charge in [-0.2, -0.15) is 0 Å². The number of carbonyl (C=O) groups excluding carboxylic acids is 1. The predicted octanol–water partition coefficient (Wildman–Crippen LogP) is 3.09. The number of hydrogen-bond acceptors (Lipinski definition) is 5. The highest BCUT2D eigenvalue weighted by Crippen LogP contribution is 2.32. The largest absolute Gasteiger partial charge is 0.454 e. The lowest BCUT2D eigenvalue weighted by molar-refractivity contribution is 0.0954. The molecule has 1 amide bonds. The smallest absolute Gasteiger partial charge is 0.329 e. The molecule has 0 saturated heterocycles. The van der Waals surface area contributed by atoms with Crippen LogP contribution in [0.2, 0.25) is 5.02 Å². The quantitative estimate of drug-likeness (QED) is 0.444. The number of fused-ring (bicyclic) bond motifs is 2. The summed E-state index contributed by atoms with van der Waals surface area (Å²) in [5, 5.41) is 3.83. The number of rotatable bonds is 6. The molecule has 0 atom stereocenters. The average molecular weight is 478 g/mol. The molecule has 3 aromatic carbocycles. The molecule has 0 saturated carbocycles. The number of benzene rings is 3.